The maximum Gasteiger partial charge on any atom is 0.258 e. The number of ether oxygens (including phenoxy) is 3. The van der Waals surface area contributed by atoms with E-state index < -0.39 is 0 Å². The van der Waals surface area contributed by atoms with Crippen LogP contribution in [0.1, 0.15) is 36.5 Å². The van der Waals surface area contributed by atoms with Gasteiger partial charge in [-0.2, -0.15) is 0 Å². The van der Waals surface area contributed by atoms with Crippen molar-refractivity contribution in [2.45, 2.75) is 33.2 Å². The monoisotopic (exact) mass is 357 g/mol. The number of nitrogens with one attached hydrogen (secondary N) is 1. The van der Waals surface area contributed by atoms with Gasteiger partial charge < -0.3 is 19.5 Å². The second-order valence-corrected chi connectivity index (χ2v) is 6.43. The third kappa shape index (κ3) is 5.15. The average molecular weight is 357 g/mol. The standard InChI is InChI=1S/C21H27NO4/c1-14(2)18-8-7-17(10-15(18)3)26-13-21(23)22-12-16-6-9-19(24-4)20(11-16)25-5/h6-11,14H,12-13H2,1-5H3,(H,22,23). The van der Waals surface area contributed by atoms with E-state index in [1.165, 1.54) is 11.1 Å². The van der Waals surface area contributed by atoms with Gasteiger partial charge in [0.25, 0.3) is 5.91 Å². The van der Waals surface area contributed by atoms with Crippen LogP contribution in [0.2, 0.25) is 0 Å². The zero-order valence-electron chi connectivity index (χ0n) is 16.1. The molecule has 0 aliphatic heterocycles. The molecule has 2 aromatic carbocycles. The van der Waals surface area contributed by atoms with Gasteiger partial charge in [0, 0.05) is 6.54 Å². The summed E-state index contributed by atoms with van der Waals surface area (Å²) in [5, 5.41) is 2.84. The summed E-state index contributed by atoms with van der Waals surface area (Å²) in [4.78, 5) is 12.0. The summed E-state index contributed by atoms with van der Waals surface area (Å²) in [6.45, 7) is 6.75. The molecule has 0 fully saturated rings. The van der Waals surface area contributed by atoms with Crippen LogP contribution < -0.4 is 19.5 Å². The minimum atomic E-state index is -0.176. The Morgan fingerprint density at radius 2 is 1.77 bits per heavy atom. The summed E-state index contributed by atoms with van der Waals surface area (Å²) in [6, 6.07) is 11.5. The number of hydrogen-bond acceptors (Lipinski definition) is 4. The first-order chi connectivity index (χ1) is 12.4. The van der Waals surface area contributed by atoms with Crippen molar-refractivity contribution in [2.24, 2.45) is 0 Å². The van der Waals surface area contributed by atoms with Crippen LogP contribution in [0.15, 0.2) is 36.4 Å². The first-order valence-corrected chi connectivity index (χ1v) is 8.65. The maximum atomic E-state index is 12.0. The Labute approximate surface area is 155 Å². The van der Waals surface area contributed by atoms with Crippen LogP contribution in [-0.2, 0) is 11.3 Å². The largest absolute Gasteiger partial charge is 0.493 e. The molecule has 0 atom stereocenters. The Hall–Kier alpha value is -2.69. The molecular weight excluding hydrogens is 330 g/mol. The van der Waals surface area contributed by atoms with Crippen LogP contribution in [0.3, 0.4) is 0 Å². The second-order valence-electron chi connectivity index (χ2n) is 6.43. The van der Waals surface area contributed by atoms with Gasteiger partial charge in [-0.05, 0) is 53.8 Å². The molecule has 0 saturated carbocycles. The molecule has 5 heteroatoms. The molecule has 0 unspecified atom stereocenters. The Balaban J connectivity index is 1.87. The molecule has 5 nitrogen and oxygen atoms in total. The van der Waals surface area contributed by atoms with Gasteiger partial charge in [0.15, 0.2) is 18.1 Å². The summed E-state index contributed by atoms with van der Waals surface area (Å²) in [7, 11) is 3.17. The lowest BCUT2D eigenvalue weighted by molar-refractivity contribution is -0.123. The van der Waals surface area contributed by atoms with Crippen LogP contribution in [0.4, 0.5) is 0 Å². The predicted molar refractivity (Wildman–Crippen MR) is 102 cm³/mol. The highest BCUT2D eigenvalue weighted by Gasteiger charge is 2.08. The van der Waals surface area contributed by atoms with E-state index in [0.717, 1.165) is 5.56 Å². The summed E-state index contributed by atoms with van der Waals surface area (Å²) in [6.07, 6.45) is 0. The van der Waals surface area contributed by atoms with E-state index in [9.17, 15) is 4.79 Å². The zero-order valence-corrected chi connectivity index (χ0v) is 16.1. The number of amides is 1. The summed E-state index contributed by atoms with van der Waals surface area (Å²) in [5.74, 6) is 2.29. The highest BCUT2D eigenvalue weighted by atomic mass is 16.5. The van der Waals surface area contributed by atoms with Gasteiger partial charge >= 0.3 is 0 Å². The number of carbonyl (C=O) groups excluding carboxylic acids is 1. The molecular formula is C21H27NO4. The Morgan fingerprint density at radius 3 is 2.38 bits per heavy atom. The van der Waals surface area contributed by atoms with Gasteiger partial charge in [-0.1, -0.05) is 26.0 Å². The smallest absolute Gasteiger partial charge is 0.258 e. The maximum absolute atomic E-state index is 12.0. The fraction of sp³-hybridized carbons (Fsp3) is 0.381. The highest BCUT2D eigenvalue weighted by Crippen LogP contribution is 2.27. The van der Waals surface area contributed by atoms with Crippen LogP contribution in [0.25, 0.3) is 0 Å². The van der Waals surface area contributed by atoms with Crippen molar-refractivity contribution in [2.75, 3.05) is 20.8 Å². The molecule has 0 saturated heterocycles. The minimum absolute atomic E-state index is 0.0201. The van der Waals surface area contributed by atoms with Gasteiger partial charge in [0.2, 0.25) is 0 Å². The number of hydrogen-bond donors (Lipinski definition) is 1. The second kappa shape index (κ2) is 9.13. The fourth-order valence-electron chi connectivity index (χ4n) is 2.78. The van der Waals surface area contributed by atoms with Crippen molar-refractivity contribution in [3.05, 3.63) is 53.1 Å². The lowest BCUT2D eigenvalue weighted by Gasteiger charge is -2.13. The normalized spacial score (nSPS) is 10.5. The van der Waals surface area contributed by atoms with E-state index in [-0.39, 0.29) is 12.5 Å². The molecule has 26 heavy (non-hydrogen) atoms. The van der Waals surface area contributed by atoms with Crippen molar-refractivity contribution in [3.8, 4) is 17.2 Å². The van der Waals surface area contributed by atoms with E-state index in [2.05, 4.69) is 32.2 Å². The third-order valence-corrected chi connectivity index (χ3v) is 4.17. The van der Waals surface area contributed by atoms with Crippen LogP contribution in [0.5, 0.6) is 17.2 Å². The molecule has 0 radical (unpaired) electrons. The molecule has 0 spiro atoms. The highest BCUT2D eigenvalue weighted by molar-refractivity contribution is 5.77. The van der Waals surface area contributed by atoms with Gasteiger partial charge in [0.05, 0.1) is 14.2 Å². The number of rotatable bonds is 8. The SMILES string of the molecule is COc1ccc(CNC(=O)COc2ccc(C(C)C)c(C)c2)cc1OC. The number of benzene rings is 2. The molecule has 0 aromatic heterocycles. The molecule has 2 aromatic rings. The third-order valence-electron chi connectivity index (χ3n) is 4.17. The van der Waals surface area contributed by atoms with E-state index in [4.69, 9.17) is 14.2 Å². The summed E-state index contributed by atoms with van der Waals surface area (Å²) >= 11 is 0. The predicted octanol–water partition coefficient (Wildman–Crippen LogP) is 3.83. The van der Waals surface area contributed by atoms with Crippen LogP contribution in [0, 0.1) is 6.92 Å². The quantitative estimate of drug-likeness (QED) is 0.780. The van der Waals surface area contributed by atoms with Gasteiger partial charge in [0.1, 0.15) is 5.75 Å². The lowest BCUT2D eigenvalue weighted by atomic mass is 9.98. The van der Waals surface area contributed by atoms with E-state index in [1.54, 1.807) is 14.2 Å². The van der Waals surface area contributed by atoms with Crippen molar-refractivity contribution < 1.29 is 19.0 Å². The van der Waals surface area contributed by atoms with E-state index in [1.807, 2.05) is 30.3 Å². The number of aryl methyl sites for hydroxylation is 1. The van der Waals surface area contributed by atoms with Crippen LogP contribution in [-0.4, -0.2) is 26.7 Å². The summed E-state index contributed by atoms with van der Waals surface area (Å²) in [5.41, 5.74) is 3.38. The molecule has 2 rings (SSSR count). The molecule has 0 aliphatic rings. The minimum Gasteiger partial charge on any atom is -0.493 e. The van der Waals surface area contributed by atoms with Gasteiger partial charge in [-0.3, -0.25) is 4.79 Å². The number of methoxy groups -OCH3 is 2. The fourth-order valence-corrected chi connectivity index (χ4v) is 2.78. The van der Waals surface area contributed by atoms with E-state index >= 15 is 0 Å². The Bertz CT molecular complexity index is 756. The summed E-state index contributed by atoms with van der Waals surface area (Å²) < 4.78 is 16.1. The van der Waals surface area contributed by atoms with Crippen LogP contribution >= 0.6 is 0 Å². The molecule has 0 bridgehead atoms. The van der Waals surface area contributed by atoms with Crippen molar-refractivity contribution in [1.29, 1.82) is 0 Å². The van der Waals surface area contributed by atoms with Gasteiger partial charge in [-0.25, -0.2) is 0 Å². The first kappa shape index (κ1) is 19.6. The van der Waals surface area contributed by atoms with Crippen molar-refractivity contribution in [3.63, 3.8) is 0 Å². The zero-order chi connectivity index (χ0) is 19.1. The van der Waals surface area contributed by atoms with E-state index in [0.29, 0.717) is 29.7 Å². The first-order valence-electron chi connectivity index (χ1n) is 8.65. The molecule has 0 heterocycles. The molecule has 1 amide bonds. The van der Waals surface area contributed by atoms with Gasteiger partial charge in [-0.15, -0.1) is 0 Å². The van der Waals surface area contributed by atoms with Crippen molar-refractivity contribution >= 4 is 5.91 Å². The average Bonchev–Trinajstić information content (AvgIpc) is 2.64. The topological polar surface area (TPSA) is 56.8 Å². The number of carbonyl (C=O) groups is 1. The van der Waals surface area contributed by atoms with Crippen molar-refractivity contribution in [1.82, 2.24) is 5.32 Å². The molecule has 1 N–H and O–H groups in total. The Kier molecular flexibility index (Phi) is 6.89. The molecule has 140 valence electrons. The molecule has 0 aliphatic carbocycles. The Morgan fingerprint density at radius 1 is 1.04 bits per heavy atom. The lowest BCUT2D eigenvalue weighted by Crippen LogP contribution is -2.28.